The third-order valence-corrected chi connectivity index (χ3v) is 12.7. The number of nitrogens with zero attached hydrogens (tertiary/aromatic N) is 2. The van der Waals surface area contributed by atoms with Gasteiger partial charge in [-0.3, -0.25) is 0 Å². The Bertz CT molecular complexity index is 3650. The van der Waals surface area contributed by atoms with Gasteiger partial charge < -0.3 is 9.47 Å². The predicted octanol–water partition coefficient (Wildman–Crippen LogP) is 17.2. The van der Waals surface area contributed by atoms with E-state index in [9.17, 15) is 0 Å². The van der Waals surface area contributed by atoms with Crippen molar-refractivity contribution in [3.63, 3.8) is 0 Å². The fourth-order valence-electron chi connectivity index (χ4n) is 9.69. The second-order valence-electron chi connectivity index (χ2n) is 16.5. The van der Waals surface area contributed by atoms with Gasteiger partial charge in [-0.05, 0) is 127 Å². The van der Waals surface area contributed by atoms with Crippen molar-refractivity contribution in [1.29, 1.82) is 0 Å². The van der Waals surface area contributed by atoms with Crippen LogP contribution in [0, 0.1) is 0 Å². The van der Waals surface area contributed by atoms with Gasteiger partial charge in [0.15, 0.2) is 0 Å². The van der Waals surface area contributed by atoms with Gasteiger partial charge in [0, 0.05) is 33.2 Å². The molecule has 300 valence electrons. The fourth-order valence-corrected chi connectivity index (χ4v) is 9.69. The zero-order valence-electron chi connectivity index (χ0n) is 35.1. The summed E-state index contributed by atoms with van der Waals surface area (Å²) in [6.07, 6.45) is 0. The zero-order chi connectivity index (χ0) is 42.4. The molecule has 0 saturated carbocycles. The first-order valence-corrected chi connectivity index (χ1v) is 22.0. The average molecular weight is 815 g/mol. The Balaban J connectivity index is 0.936. The van der Waals surface area contributed by atoms with Crippen LogP contribution in [-0.4, -0.2) is 4.57 Å². The number of fused-ring (bicyclic) bond motifs is 5. The Morgan fingerprint density at radius 2 is 0.781 bits per heavy atom. The maximum absolute atomic E-state index is 2.45. The SMILES string of the molecule is c1ccc(-c2cc(-c3cccc4ccccc34)cc(-n3c4ccccc4c4cc(-c5ccc(-c6cccc(N(c7ccccc7)c7cccc8ccccc78)c6)cc5)ccc43)c2)cc1. The molecule has 12 aromatic rings. The van der Waals surface area contributed by atoms with E-state index in [1.54, 1.807) is 0 Å². The van der Waals surface area contributed by atoms with Crippen molar-refractivity contribution in [2.75, 3.05) is 4.90 Å². The molecular weight excluding hydrogens is 773 g/mol. The molecule has 0 fully saturated rings. The van der Waals surface area contributed by atoms with Crippen LogP contribution in [0.25, 0.3) is 93.5 Å². The Kier molecular flexibility index (Phi) is 9.20. The van der Waals surface area contributed by atoms with E-state index in [4.69, 9.17) is 0 Å². The molecule has 64 heavy (non-hydrogen) atoms. The number of aromatic nitrogens is 1. The van der Waals surface area contributed by atoms with Gasteiger partial charge >= 0.3 is 0 Å². The molecule has 2 nitrogen and oxygen atoms in total. The second-order valence-corrected chi connectivity index (χ2v) is 16.5. The number of rotatable bonds is 8. The highest BCUT2D eigenvalue weighted by atomic mass is 15.1. The summed E-state index contributed by atoms with van der Waals surface area (Å²) in [7, 11) is 0. The summed E-state index contributed by atoms with van der Waals surface area (Å²) in [6, 6.07) is 92.7. The van der Waals surface area contributed by atoms with E-state index in [0.717, 1.165) is 22.7 Å². The summed E-state index contributed by atoms with van der Waals surface area (Å²) in [5.74, 6) is 0. The quantitative estimate of drug-likeness (QED) is 0.148. The van der Waals surface area contributed by atoms with Crippen molar-refractivity contribution in [1.82, 2.24) is 4.57 Å². The third kappa shape index (κ3) is 6.61. The van der Waals surface area contributed by atoms with E-state index in [0.29, 0.717) is 0 Å². The standard InChI is InChI=1S/C62H42N2/c1-3-16-43(17-4-1)50-38-51(56-29-14-20-46-18-7-9-26-55(46)56)41-54(40-50)64-61-30-12-11-28-58(61)59-42-49(36-37-62(59)64)45-34-32-44(33-35-45)48-22-13-25-53(39-48)63(52-23-5-2-6-24-52)60-31-15-21-47-19-8-10-27-57(47)60/h1-42H. The molecule has 0 aliphatic carbocycles. The van der Waals surface area contributed by atoms with Crippen LogP contribution in [0.3, 0.4) is 0 Å². The monoisotopic (exact) mass is 814 g/mol. The van der Waals surface area contributed by atoms with Crippen LogP contribution < -0.4 is 4.90 Å². The second kappa shape index (κ2) is 15.8. The fraction of sp³-hybridized carbons (Fsp3) is 0. The Morgan fingerprint density at radius 1 is 0.266 bits per heavy atom. The Hall–Kier alpha value is -8.46. The van der Waals surface area contributed by atoms with E-state index in [2.05, 4.69) is 264 Å². The number of anilines is 3. The number of para-hydroxylation sites is 2. The van der Waals surface area contributed by atoms with Crippen LogP contribution in [0.5, 0.6) is 0 Å². The third-order valence-electron chi connectivity index (χ3n) is 12.7. The molecule has 12 rings (SSSR count). The van der Waals surface area contributed by atoms with Crippen LogP contribution in [0.1, 0.15) is 0 Å². The lowest BCUT2D eigenvalue weighted by molar-refractivity contribution is 1.18. The zero-order valence-corrected chi connectivity index (χ0v) is 35.1. The van der Waals surface area contributed by atoms with Crippen molar-refractivity contribution in [3.05, 3.63) is 255 Å². The smallest absolute Gasteiger partial charge is 0.0541 e. The Labute approximate surface area is 373 Å². The van der Waals surface area contributed by atoms with Gasteiger partial charge in [0.05, 0.1) is 16.7 Å². The molecule has 0 radical (unpaired) electrons. The van der Waals surface area contributed by atoms with Gasteiger partial charge in [-0.15, -0.1) is 0 Å². The first kappa shape index (κ1) is 37.3. The van der Waals surface area contributed by atoms with Crippen molar-refractivity contribution in [3.8, 4) is 50.2 Å². The van der Waals surface area contributed by atoms with Gasteiger partial charge in [-0.1, -0.05) is 188 Å². The minimum absolute atomic E-state index is 1.12. The van der Waals surface area contributed by atoms with Crippen molar-refractivity contribution < 1.29 is 0 Å². The van der Waals surface area contributed by atoms with E-state index in [1.807, 2.05) is 0 Å². The van der Waals surface area contributed by atoms with Gasteiger partial charge in [-0.2, -0.15) is 0 Å². The maximum Gasteiger partial charge on any atom is 0.0541 e. The number of hydrogen-bond donors (Lipinski definition) is 0. The van der Waals surface area contributed by atoms with Crippen LogP contribution in [0.15, 0.2) is 255 Å². The van der Waals surface area contributed by atoms with Crippen molar-refractivity contribution in [2.45, 2.75) is 0 Å². The molecule has 0 unspecified atom stereocenters. The first-order valence-electron chi connectivity index (χ1n) is 22.0. The molecule has 0 amide bonds. The highest BCUT2D eigenvalue weighted by Crippen LogP contribution is 2.42. The summed E-state index contributed by atoms with van der Waals surface area (Å²) in [5.41, 5.74) is 16.4. The lowest BCUT2D eigenvalue weighted by Gasteiger charge is -2.27. The van der Waals surface area contributed by atoms with Gasteiger partial charge in [0.25, 0.3) is 0 Å². The van der Waals surface area contributed by atoms with Crippen molar-refractivity contribution in [2.24, 2.45) is 0 Å². The van der Waals surface area contributed by atoms with E-state index >= 15 is 0 Å². The highest BCUT2D eigenvalue weighted by Gasteiger charge is 2.18. The average Bonchev–Trinajstić information content (AvgIpc) is 3.71. The molecule has 0 bridgehead atoms. The lowest BCUT2D eigenvalue weighted by Crippen LogP contribution is -2.10. The van der Waals surface area contributed by atoms with Crippen LogP contribution >= 0.6 is 0 Å². The minimum atomic E-state index is 1.12. The van der Waals surface area contributed by atoms with Crippen molar-refractivity contribution >= 4 is 60.4 Å². The van der Waals surface area contributed by atoms with Crippen LogP contribution in [0.4, 0.5) is 17.1 Å². The predicted molar refractivity (Wildman–Crippen MR) is 272 cm³/mol. The topological polar surface area (TPSA) is 8.17 Å². The molecule has 0 aliphatic heterocycles. The van der Waals surface area contributed by atoms with Gasteiger partial charge in [0.1, 0.15) is 0 Å². The molecule has 2 heteroatoms. The molecule has 0 aliphatic rings. The molecule has 0 saturated heterocycles. The number of hydrogen-bond acceptors (Lipinski definition) is 1. The summed E-state index contributed by atoms with van der Waals surface area (Å²) in [5, 5.41) is 7.40. The maximum atomic E-state index is 2.45. The van der Waals surface area contributed by atoms with Crippen LogP contribution in [0.2, 0.25) is 0 Å². The van der Waals surface area contributed by atoms with Gasteiger partial charge in [0.2, 0.25) is 0 Å². The molecule has 1 aromatic heterocycles. The van der Waals surface area contributed by atoms with Gasteiger partial charge in [-0.25, -0.2) is 0 Å². The lowest BCUT2D eigenvalue weighted by atomic mass is 9.94. The normalized spacial score (nSPS) is 11.4. The van der Waals surface area contributed by atoms with E-state index < -0.39 is 0 Å². The van der Waals surface area contributed by atoms with E-state index in [1.165, 1.54) is 87.9 Å². The molecular formula is C62H42N2. The minimum Gasteiger partial charge on any atom is -0.310 e. The molecule has 0 spiro atoms. The summed E-state index contributed by atoms with van der Waals surface area (Å²) >= 11 is 0. The molecule has 1 heterocycles. The Morgan fingerprint density at radius 3 is 1.56 bits per heavy atom. The number of benzene rings is 11. The molecule has 0 atom stereocenters. The first-order chi connectivity index (χ1) is 31.7. The molecule has 0 N–H and O–H groups in total. The summed E-state index contributed by atoms with van der Waals surface area (Å²) in [6.45, 7) is 0. The van der Waals surface area contributed by atoms with E-state index in [-0.39, 0.29) is 0 Å². The molecule has 11 aromatic carbocycles. The summed E-state index contributed by atoms with van der Waals surface area (Å²) in [4.78, 5) is 2.37. The summed E-state index contributed by atoms with van der Waals surface area (Å²) < 4.78 is 2.45. The van der Waals surface area contributed by atoms with Crippen LogP contribution in [-0.2, 0) is 0 Å². The largest absolute Gasteiger partial charge is 0.310 e. The highest BCUT2D eigenvalue weighted by molar-refractivity contribution is 6.11.